The number of aromatic nitrogens is 1. The Balaban J connectivity index is 1.75. The number of hydrogen-bond acceptors (Lipinski definition) is 3. The molecule has 0 atom stereocenters. The van der Waals surface area contributed by atoms with Crippen molar-refractivity contribution < 1.29 is 9.21 Å². The van der Waals surface area contributed by atoms with E-state index in [0.717, 1.165) is 5.56 Å². The maximum Gasteiger partial charge on any atom is 0.419 e. The predicted octanol–water partition coefficient (Wildman–Crippen LogP) is 4.09. The molecule has 1 heterocycles. The van der Waals surface area contributed by atoms with Crippen LogP contribution in [0.3, 0.4) is 0 Å². The average Bonchev–Trinajstić information content (AvgIpc) is 2.81. The first-order valence-electron chi connectivity index (χ1n) is 7.92. The number of amides is 1. The molecule has 0 fully saturated rings. The molecule has 1 amide bonds. The van der Waals surface area contributed by atoms with E-state index < -0.39 is 5.76 Å². The number of carbonyl (C=O) groups excluding carboxylic acids is 1. The highest BCUT2D eigenvalue weighted by molar-refractivity contribution is 6.30. The molecule has 5 nitrogen and oxygen atoms in total. The third-order valence-corrected chi connectivity index (χ3v) is 4.56. The van der Waals surface area contributed by atoms with Gasteiger partial charge in [0.05, 0.1) is 5.52 Å². The molecule has 130 valence electrons. The summed E-state index contributed by atoms with van der Waals surface area (Å²) in [7, 11) is 1.64. The molecular formula is C19H19ClN2O3. The van der Waals surface area contributed by atoms with Gasteiger partial charge in [-0.25, -0.2) is 4.79 Å². The number of nitrogens with one attached hydrogen (secondary N) is 1. The highest BCUT2D eigenvalue weighted by atomic mass is 35.5. The molecule has 0 aliphatic carbocycles. The van der Waals surface area contributed by atoms with Gasteiger partial charge in [-0.15, -0.1) is 0 Å². The molecule has 6 heteroatoms. The van der Waals surface area contributed by atoms with Crippen molar-refractivity contribution in [3.63, 3.8) is 0 Å². The Morgan fingerprint density at radius 3 is 2.56 bits per heavy atom. The van der Waals surface area contributed by atoms with Crippen molar-refractivity contribution in [1.82, 2.24) is 4.57 Å². The van der Waals surface area contributed by atoms with Crippen LogP contribution in [0.5, 0.6) is 0 Å². The summed E-state index contributed by atoms with van der Waals surface area (Å²) in [5.74, 6) is -0.542. The van der Waals surface area contributed by atoms with E-state index in [1.807, 2.05) is 38.1 Å². The van der Waals surface area contributed by atoms with Crippen molar-refractivity contribution in [2.75, 3.05) is 5.32 Å². The van der Waals surface area contributed by atoms with Crippen LogP contribution in [0.2, 0.25) is 5.02 Å². The minimum atomic E-state index is -0.428. The number of carbonyl (C=O) groups is 1. The van der Waals surface area contributed by atoms with Crippen LogP contribution in [0.25, 0.3) is 11.1 Å². The topological polar surface area (TPSA) is 64.2 Å². The van der Waals surface area contributed by atoms with Gasteiger partial charge in [0.15, 0.2) is 5.58 Å². The van der Waals surface area contributed by atoms with Gasteiger partial charge in [0.1, 0.15) is 0 Å². The van der Waals surface area contributed by atoms with Crippen molar-refractivity contribution in [3.8, 4) is 0 Å². The Morgan fingerprint density at radius 1 is 1.20 bits per heavy atom. The molecule has 0 saturated carbocycles. The first-order chi connectivity index (χ1) is 11.8. The summed E-state index contributed by atoms with van der Waals surface area (Å²) in [5, 5.41) is 3.53. The first-order valence-corrected chi connectivity index (χ1v) is 8.29. The number of oxazole rings is 1. The predicted molar refractivity (Wildman–Crippen MR) is 99.2 cm³/mol. The summed E-state index contributed by atoms with van der Waals surface area (Å²) in [6.45, 7) is 4.02. The van der Waals surface area contributed by atoms with Crippen molar-refractivity contribution in [3.05, 3.63) is 63.6 Å². The van der Waals surface area contributed by atoms with Crippen LogP contribution in [-0.2, 0) is 17.3 Å². The molecule has 1 aromatic heterocycles. The lowest BCUT2D eigenvalue weighted by Gasteiger charge is -2.24. The second kappa shape index (κ2) is 6.41. The summed E-state index contributed by atoms with van der Waals surface area (Å²) < 4.78 is 6.57. The van der Waals surface area contributed by atoms with E-state index in [4.69, 9.17) is 16.0 Å². The van der Waals surface area contributed by atoms with Crippen LogP contribution in [-0.4, -0.2) is 10.5 Å². The quantitative estimate of drug-likeness (QED) is 0.763. The van der Waals surface area contributed by atoms with E-state index in [9.17, 15) is 9.59 Å². The summed E-state index contributed by atoms with van der Waals surface area (Å²) >= 11 is 5.92. The lowest BCUT2D eigenvalue weighted by molar-refractivity contribution is -0.117. The van der Waals surface area contributed by atoms with E-state index in [1.165, 1.54) is 4.57 Å². The molecule has 1 N–H and O–H groups in total. The average molecular weight is 359 g/mol. The maximum atomic E-state index is 12.4. The fourth-order valence-corrected chi connectivity index (χ4v) is 2.95. The van der Waals surface area contributed by atoms with Crippen molar-refractivity contribution >= 4 is 34.3 Å². The Labute approximate surface area is 150 Å². The Bertz CT molecular complexity index is 984. The number of fused-ring (bicyclic) bond motifs is 1. The fourth-order valence-electron chi connectivity index (χ4n) is 2.82. The van der Waals surface area contributed by atoms with E-state index in [2.05, 4.69) is 5.32 Å². The molecule has 0 aliphatic heterocycles. The van der Waals surface area contributed by atoms with Gasteiger partial charge in [0, 0.05) is 30.2 Å². The highest BCUT2D eigenvalue weighted by Crippen LogP contribution is 2.29. The standard InChI is InChI=1S/C19H19ClN2O3/c1-19(2,12-4-6-13(20)7-5-12)11-17(23)21-14-8-9-15-16(10-14)25-18(24)22(15)3/h4-10H,11H2,1-3H3,(H,21,23). The second-order valence-electron chi connectivity index (χ2n) is 6.73. The van der Waals surface area contributed by atoms with Gasteiger partial charge in [-0.2, -0.15) is 0 Å². The zero-order valence-electron chi connectivity index (χ0n) is 14.3. The van der Waals surface area contributed by atoms with Gasteiger partial charge in [-0.05, 0) is 35.2 Å². The lowest BCUT2D eigenvalue weighted by Crippen LogP contribution is -2.25. The molecule has 2 aromatic carbocycles. The van der Waals surface area contributed by atoms with Gasteiger partial charge < -0.3 is 9.73 Å². The smallest absolute Gasteiger partial charge is 0.408 e. The largest absolute Gasteiger partial charge is 0.419 e. The van der Waals surface area contributed by atoms with Crippen LogP contribution in [0.1, 0.15) is 25.8 Å². The summed E-state index contributed by atoms with van der Waals surface area (Å²) in [5.41, 5.74) is 2.43. The van der Waals surface area contributed by atoms with Gasteiger partial charge >= 0.3 is 5.76 Å². The van der Waals surface area contributed by atoms with E-state index in [0.29, 0.717) is 28.2 Å². The second-order valence-corrected chi connectivity index (χ2v) is 7.16. The van der Waals surface area contributed by atoms with Crippen LogP contribution in [0.4, 0.5) is 5.69 Å². The zero-order valence-corrected chi connectivity index (χ0v) is 15.1. The van der Waals surface area contributed by atoms with Crippen molar-refractivity contribution in [1.29, 1.82) is 0 Å². The molecule has 0 bridgehead atoms. The van der Waals surface area contributed by atoms with E-state index >= 15 is 0 Å². The highest BCUT2D eigenvalue weighted by Gasteiger charge is 2.24. The molecule has 25 heavy (non-hydrogen) atoms. The summed E-state index contributed by atoms with van der Waals surface area (Å²) in [6, 6.07) is 12.7. The number of anilines is 1. The van der Waals surface area contributed by atoms with Crippen LogP contribution in [0.15, 0.2) is 51.7 Å². The lowest BCUT2D eigenvalue weighted by atomic mass is 9.81. The number of rotatable bonds is 4. The summed E-state index contributed by atoms with van der Waals surface area (Å²) in [6.07, 6.45) is 0.311. The molecule has 0 radical (unpaired) electrons. The van der Waals surface area contributed by atoms with Crippen molar-refractivity contribution in [2.45, 2.75) is 25.7 Å². The molecule has 3 rings (SSSR count). The molecular weight excluding hydrogens is 340 g/mol. The number of nitrogens with zero attached hydrogens (tertiary/aromatic N) is 1. The van der Waals surface area contributed by atoms with Gasteiger partial charge in [-0.3, -0.25) is 9.36 Å². The van der Waals surface area contributed by atoms with Gasteiger partial charge in [0.2, 0.25) is 5.91 Å². The van der Waals surface area contributed by atoms with E-state index in [-0.39, 0.29) is 11.3 Å². The third kappa shape index (κ3) is 3.61. The number of aryl methyl sites for hydroxylation is 1. The van der Waals surface area contributed by atoms with Crippen LogP contribution < -0.4 is 11.1 Å². The summed E-state index contributed by atoms with van der Waals surface area (Å²) in [4.78, 5) is 24.0. The van der Waals surface area contributed by atoms with Crippen molar-refractivity contribution in [2.24, 2.45) is 7.05 Å². The normalized spacial score (nSPS) is 11.7. The monoisotopic (exact) mass is 358 g/mol. The Kier molecular flexibility index (Phi) is 4.43. The molecule has 3 aromatic rings. The van der Waals surface area contributed by atoms with Crippen LogP contribution in [0, 0.1) is 0 Å². The molecule has 0 unspecified atom stereocenters. The molecule has 0 aliphatic rings. The number of halogens is 1. The SMILES string of the molecule is Cn1c(=O)oc2cc(NC(=O)CC(C)(C)c3ccc(Cl)cc3)ccc21. The minimum absolute atomic E-state index is 0.113. The van der Waals surface area contributed by atoms with Gasteiger partial charge in [-0.1, -0.05) is 37.6 Å². The fraction of sp³-hybridized carbons (Fsp3) is 0.263. The van der Waals surface area contributed by atoms with E-state index in [1.54, 1.807) is 25.2 Å². The maximum absolute atomic E-state index is 12.4. The number of hydrogen-bond donors (Lipinski definition) is 1. The molecule has 0 saturated heterocycles. The van der Waals surface area contributed by atoms with Gasteiger partial charge in [0.25, 0.3) is 0 Å². The third-order valence-electron chi connectivity index (χ3n) is 4.30. The molecule has 0 spiro atoms. The first kappa shape index (κ1) is 17.3. The zero-order chi connectivity index (χ0) is 18.2. The Hall–Kier alpha value is -2.53. The minimum Gasteiger partial charge on any atom is -0.408 e. The van der Waals surface area contributed by atoms with Crippen LogP contribution >= 0.6 is 11.6 Å². The number of benzene rings is 2. The Morgan fingerprint density at radius 2 is 1.88 bits per heavy atom.